The number of nitrogens with one attached hydrogen (secondary N) is 1. The smallest absolute Gasteiger partial charge is 0.174 e. The van der Waals surface area contributed by atoms with Crippen LogP contribution in [0.1, 0.15) is 31.9 Å². The molecule has 2 rings (SSSR count). The maximum atomic E-state index is 8.46. The first kappa shape index (κ1) is 13.9. The standard InChI is InChI=1S/C15H20N2O2/c1-11(17-15-7-9-18-12(15)2)13-3-5-14(6-4-13)19-10-8-16/h3-6,11-12,15,17H,7,9-10H2,1-2H3. The zero-order valence-corrected chi connectivity index (χ0v) is 11.4. The second kappa shape index (κ2) is 6.55. The Kier molecular flexibility index (Phi) is 4.78. The molecule has 0 amide bonds. The lowest BCUT2D eigenvalue weighted by Gasteiger charge is -2.22. The van der Waals surface area contributed by atoms with Gasteiger partial charge in [-0.05, 0) is 38.0 Å². The van der Waals surface area contributed by atoms with Gasteiger partial charge in [-0.3, -0.25) is 0 Å². The van der Waals surface area contributed by atoms with Crippen molar-refractivity contribution in [1.82, 2.24) is 5.32 Å². The van der Waals surface area contributed by atoms with Crippen molar-refractivity contribution in [2.75, 3.05) is 13.2 Å². The number of nitriles is 1. The monoisotopic (exact) mass is 260 g/mol. The van der Waals surface area contributed by atoms with Gasteiger partial charge in [0.15, 0.2) is 6.61 Å². The maximum absolute atomic E-state index is 8.46. The highest BCUT2D eigenvalue weighted by molar-refractivity contribution is 5.29. The summed E-state index contributed by atoms with van der Waals surface area (Å²) in [6.07, 6.45) is 1.34. The van der Waals surface area contributed by atoms with Gasteiger partial charge < -0.3 is 14.8 Å². The largest absolute Gasteiger partial charge is 0.479 e. The molecule has 1 aromatic rings. The second-order valence-corrected chi connectivity index (χ2v) is 4.88. The van der Waals surface area contributed by atoms with E-state index in [0.717, 1.165) is 18.8 Å². The topological polar surface area (TPSA) is 54.3 Å². The molecule has 0 spiro atoms. The van der Waals surface area contributed by atoms with Crippen LogP contribution < -0.4 is 10.1 Å². The molecule has 1 heterocycles. The van der Waals surface area contributed by atoms with Crippen LogP contribution >= 0.6 is 0 Å². The summed E-state index contributed by atoms with van der Waals surface area (Å²) in [4.78, 5) is 0. The van der Waals surface area contributed by atoms with E-state index in [-0.39, 0.29) is 18.8 Å². The summed E-state index contributed by atoms with van der Waals surface area (Å²) in [7, 11) is 0. The Balaban J connectivity index is 1.92. The van der Waals surface area contributed by atoms with Crippen molar-refractivity contribution in [2.45, 2.75) is 38.5 Å². The maximum Gasteiger partial charge on any atom is 0.174 e. The Bertz CT molecular complexity index is 438. The summed E-state index contributed by atoms with van der Waals surface area (Å²) < 4.78 is 10.8. The molecule has 102 valence electrons. The molecule has 0 saturated carbocycles. The van der Waals surface area contributed by atoms with E-state index in [2.05, 4.69) is 19.2 Å². The van der Waals surface area contributed by atoms with E-state index in [9.17, 15) is 0 Å². The molecular weight excluding hydrogens is 240 g/mol. The normalized spacial score (nSPS) is 23.8. The zero-order valence-electron chi connectivity index (χ0n) is 11.4. The molecule has 4 heteroatoms. The van der Waals surface area contributed by atoms with Crippen molar-refractivity contribution in [3.8, 4) is 11.8 Å². The molecular formula is C15H20N2O2. The molecule has 0 bridgehead atoms. The van der Waals surface area contributed by atoms with Crippen LogP contribution in [0.5, 0.6) is 5.75 Å². The van der Waals surface area contributed by atoms with Crippen molar-refractivity contribution in [2.24, 2.45) is 0 Å². The predicted octanol–water partition coefficient (Wildman–Crippen LogP) is 2.42. The lowest BCUT2D eigenvalue weighted by Crippen LogP contribution is -2.36. The number of ether oxygens (including phenoxy) is 2. The highest BCUT2D eigenvalue weighted by Gasteiger charge is 2.25. The van der Waals surface area contributed by atoms with Crippen LogP contribution in [0.3, 0.4) is 0 Å². The molecule has 0 radical (unpaired) electrons. The molecule has 1 fully saturated rings. The van der Waals surface area contributed by atoms with Crippen molar-refractivity contribution in [3.63, 3.8) is 0 Å². The van der Waals surface area contributed by atoms with Gasteiger partial charge in [-0.15, -0.1) is 0 Å². The Morgan fingerprint density at radius 2 is 2.21 bits per heavy atom. The summed E-state index contributed by atoms with van der Waals surface area (Å²) >= 11 is 0. The minimum Gasteiger partial charge on any atom is -0.479 e. The third-order valence-electron chi connectivity index (χ3n) is 3.52. The summed E-state index contributed by atoms with van der Waals surface area (Å²) in [5.41, 5.74) is 1.21. The molecule has 4 nitrogen and oxygen atoms in total. The Morgan fingerprint density at radius 1 is 1.47 bits per heavy atom. The third-order valence-corrected chi connectivity index (χ3v) is 3.52. The highest BCUT2D eigenvalue weighted by atomic mass is 16.5. The number of benzene rings is 1. The minimum atomic E-state index is 0.0874. The first-order valence-corrected chi connectivity index (χ1v) is 6.68. The number of hydrogen-bond acceptors (Lipinski definition) is 4. The Morgan fingerprint density at radius 3 is 2.79 bits per heavy atom. The van der Waals surface area contributed by atoms with E-state index in [1.165, 1.54) is 5.56 Å². The highest BCUT2D eigenvalue weighted by Crippen LogP contribution is 2.21. The molecule has 1 aliphatic rings. The van der Waals surface area contributed by atoms with Crippen LogP contribution in [0.4, 0.5) is 0 Å². The van der Waals surface area contributed by atoms with Gasteiger partial charge in [0.1, 0.15) is 11.8 Å². The van der Waals surface area contributed by atoms with E-state index in [0.29, 0.717) is 6.04 Å². The number of rotatable bonds is 5. The fourth-order valence-electron chi connectivity index (χ4n) is 2.34. The molecule has 19 heavy (non-hydrogen) atoms. The van der Waals surface area contributed by atoms with Crippen LogP contribution in [0.2, 0.25) is 0 Å². The van der Waals surface area contributed by atoms with E-state index in [1.807, 2.05) is 30.3 Å². The van der Waals surface area contributed by atoms with Crippen LogP contribution in [0.25, 0.3) is 0 Å². The number of hydrogen-bond donors (Lipinski definition) is 1. The first-order valence-electron chi connectivity index (χ1n) is 6.68. The van der Waals surface area contributed by atoms with Gasteiger partial charge in [-0.1, -0.05) is 12.1 Å². The first-order chi connectivity index (χ1) is 9.20. The van der Waals surface area contributed by atoms with Crippen LogP contribution in [-0.4, -0.2) is 25.4 Å². The van der Waals surface area contributed by atoms with Crippen molar-refractivity contribution in [1.29, 1.82) is 5.26 Å². The van der Waals surface area contributed by atoms with Crippen molar-refractivity contribution >= 4 is 0 Å². The van der Waals surface area contributed by atoms with Crippen LogP contribution in [-0.2, 0) is 4.74 Å². The van der Waals surface area contributed by atoms with E-state index >= 15 is 0 Å². The molecule has 3 atom stereocenters. The summed E-state index contributed by atoms with van der Waals surface area (Å²) in [5, 5.41) is 12.0. The Hall–Kier alpha value is -1.57. The van der Waals surface area contributed by atoms with Crippen LogP contribution in [0, 0.1) is 11.3 Å². The average Bonchev–Trinajstić information content (AvgIpc) is 2.82. The van der Waals surface area contributed by atoms with E-state index in [1.54, 1.807) is 0 Å². The fraction of sp³-hybridized carbons (Fsp3) is 0.533. The molecule has 1 aromatic carbocycles. The third kappa shape index (κ3) is 3.69. The zero-order chi connectivity index (χ0) is 13.7. The molecule has 1 saturated heterocycles. The second-order valence-electron chi connectivity index (χ2n) is 4.88. The number of nitrogens with zero attached hydrogens (tertiary/aromatic N) is 1. The molecule has 1 aliphatic heterocycles. The minimum absolute atomic E-state index is 0.0874. The van der Waals surface area contributed by atoms with Gasteiger partial charge in [0.2, 0.25) is 0 Å². The van der Waals surface area contributed by atoms with Crippen molar-refractivity contribution < 1.29 is 9.47 Å². The van der Waals surface area contributed by atoms with E-state index < -0.39 is 0 Å². The SMILES string of the molecule is CC(NC1CCOC1C)c1ccc(OCC#N)cc1. The molecule has 0 aliphatic carbocycles. The van der Waals surface area contributed by atoms with E-state index in [4.69, 9.17) is 14.7 Å². The van der Waals surface area contributed by atoms with Gasteiger partial charge in [0.05, 0.1) is 6.10 Å². The summed E-state index contributed by atoms with van der Waals surface area (Å²) in [5.74, 6) is 0.732. The predicted molar refractivity (Wildman–Crippen MR) is 72.9 cm³/mol. The van der Waals surface area contributed by atoms with Gasteiger partial charge in [0, 0.05) is 18.7 Å². The van der Waals surface area contributed by atoms with Gasteiger partial charge in [0.25, 0.3) is 0 Å². The molecule has 3 unspecified atom stereocenters. The molecule has 1 N–H and O–H groups in total. The van der Waals surface area contributed by atoms with Gasteiger partial charge >= 0.3 is 0 Å². The fourth-order valence-corrected chi connectivity index (χ4v) is 2.34. The van der Waals surface area contributed by atoms with Crippen LogP contribution in [0.15, 0.2) is 24.3 Å². The molecule has 0 aromatic heterocycles. The quantitative estimate of drug-likeness (QED) is 0.883. The van der Waals surface area contributed by atoms with Gasteiger partial charge in [-0.2, -0.15) is 5.26 Å². The summed E-state index contributed by atoms with van der Waals surface area (Å²) in [6.45, 7) is 5.18. The average molecular weight is 260 g/mol. The Labute approximate surface area is 114 Å². The lowest BCUT2D eigenvalue weighted by atomic mass is 10.1. The van der Waals surface area contributed by atoms with Gasteiger partial charge in [-0.25, -0.2) is 0 Å². The lowest BCUT2D eigenvalue weighted by molar-refractivity contribution is 0.111. The van der Waals surface area contributed by atoms with Crippen molar-refractivity contribution in [3.05, 3.63) is 29.8 Å². The summed E-state index contributed by atoms with van der Waals surface area (Å²) in [6, 6.07) is 10.5.